The maximum atomic E-state index is 11.7. The molecule has 9 heteroatoms. The van der Waals surface area contributed by atoms with Crippen LogP contribution in [0.5, 0.6) is 0 Å². The second kappa shape index (κ2) is 23.7. The predicted molar refractivity (Wildman–Crippen MR) is 114 cm³/mol. The van der Waals surface area contributed by atoms with Crippen molar-refractivity contribution in [1.82, 2.24) is 10.6 Å². The Kier molecular flexibility index (Phi) is 25.7. The molecule has 6 N–H and O–H groups in total. The smallest absolute Gasteiger partial charge is 0.236 e. The number of carbonyl (C=O) groups excluding carboxylic acids is 5. The highest BCUT2D eigenvalue weighted by Crippen LogP contribution is 2.22. The van der Waals surface area contributed by atoms with Crippen molar-refractivity contribution in [3.05, 3.63) is 0 Å². The zero-order chi connectivity index (χ0) is 23.1. The fourth-order valence-corrected chi connectivity index (χ4v) is 2.08. The summed E-state index contributed by atoms with van der Waals surface area (Å²) in [7, 11) is 1.50. The molecule has 0 saturated heterocycles. The number of unbranched alkanes of at least 4 members (excludes halogenated alkanes) is 2. The van der Waals surface area contributed by atoms with E-state index in [0.717, 1.165) is 19.1 Å². The Morgan fingerprint density at radius 1 is 1.14 bits per heavy atom. The number of carbonyl (C=O) groups is 5. The molecule has 0 heterocycles. The number of primary amides is 1. The van der Waals surface area contributed by atoms with Crippen molar-refractivity contribution in [3.63, 3.8) is 0 Å². The molecule has 0 bridgehead atoms. The third-order valence-corrected chi connectivity index (χ3v) is 3.84. The van der Waals surface area contributed by atoms with Gasteiger partial charge >= 0.3 is 0 Å². The van der Waals surface area contributed by atoms with Crippen LogP contribution in [0.2, 0.25) is 0 Å². The maximum Gasteiger partial charge on any atom is 0.236 e. The first kappa shape index (κ1) is 31.4. The second-order valence-electron chi connectivity index (χ2n) is 6.34. The Morgan fingerprint density at radius 2 is 1.72 bits per heavy atom. The summed E-state index contributed by atoms with van der Waals surface area (Å²) >= 11 is 0. The van der Waals surface area contributed by atoms with Crippen LogP contribution in [0.1, 0.15) is 72.1 Å². The van der Waals surface area contributed by atoms with Crippen LogP contribution < -0.4 is 22.1 Å². The normalized spacial score (nSPS) is 15.1. The first-order valence-electron chi connectivity index (χ1n) is 10.2. The van der Waals surface area contributed by atoms with Crippen LogP contribution in [0, 0.1) is 5.92 Å². The van der Waals surface area contributed by atoms with Gasteiger partial charge in [0.05, 0.1) is 12.6 Å². The zero-order valence-corrected chi connectivity index (χ0v) is 18.4. The van der Waals surface area contributed by atoms with E-state index in [0.29, 0.717) is 32.1 Å². The highest BCUT2D eigenvalue weighted by molar-refractivity contribution is 5.91. The van der Waals surface area contributed by atoms with Gasteiger partial charge in [0.2, 0.25) is 18.2 Å². The van der Waals surface area contributed by atoms with E-state index in [4.69, 9.17) is 0 Å². The van der Waals surface area contributed by atoms with Gasteiger partial charge in [-0.25, -0.2) is 0 Å². The van der Waals surface area contributed by atoms with Crippen LogP contribution in [0.25, 0.3) is 0 Å². The molecule has 1 aliphatic carbocycles. The van der Waals surface area contributed by atoms with Crippen LogP contribution in [0.4, 0.5) is 0 Å². The molecule has 1 saturated carbocycles. The van der Waals surface area contributed by atoms with Crippen LogP contribution in [0.3, 0.4) is 0 Å². The van der Waals surface area contributed by atoms with Crippen molar-refractivity contribution in [1.29, 1.82) is 0 Å². The van der Waals surface area contributed by atoms with Crippen LogP contribution >= 0.6 is 0 Å². The number of amides is 3. The lowest BCUT2D eigenvalue weighted by Crippen LogP contribution is -2.39. The van der Waals surface area contributed by atoms with Gasteiger partial charge in [0.15, 0.2) is 0 Å². The summed E-state index contributed by atoms with van der Waals surface area (Å²) in [5.41, 5.74) is 9.12. The number of nitrogens with one attached hydrogen (secondary N) is 2. The van der Waals surface area contributed by atoms with E-state index in [9.17, 15) is 24.0 Å². The molecular formula is C20H40N4O5. The Morgan fingerprint density at radius 3 is 2.03 bits per heavy atom. The number of ketones is 1. The first-order valence-corrected chi connectivity index (χ1v) is 10.2. The standard InChI is InChI=1S/C12H19NO3.C4H10.C3H6N2O2.CH5N/c1-2-3-4-10(8-14)13-12(16)9-5-6-11(15)7-9;1-3-4-2;4-3(7)1-5-2-6;1-2/h8-10H,2-7H2,1H3,(H,13,16);3-4H2,1-2H3;2H,1H2,(H2,4,7)(H,5,6);2H2,1H3/t9?,10-;;;/m0.../s1. The van der Waals surface area contributed by atoms with E-state index in [2.05, 4.69) is 35.9 Å². The van der Waals surface area contributed by atoms with Crippen molar-refractivity contribution in [2.75, 3.05) is 13.6 Å². The van der Waals surface area contributed by atoms with Crippen molar-refractivity contribution in [3.8, 4) is 0 Å². The van der Waals surface area contributed by atoms with Gasteiger partial charge in [-0.05, 0) is 19.9 Å². The highest BCUT2D eigenvalue weighted by Gasteiger charge is 2.29. The molecule has 0 aromatic carbocycles. The summed E-state index contributed by atoms with van der Waals surface area (Å²) in [4.78, 5) is 52.6. The third-order valence-electron chi connectivity index (χ3n) is 3.84. The van der Waals surface area contributed by atoms with E-state index in [1.807, 2.05) is 6.92 Å². The fraction of sp³-hybridized carbons (Fsp3) is 0.750. The first-order chi connectivity index (χ1) is 13.9. The van der Waals surface area contributed by atoms with Gasteiger partial charge in [0, 0.05) is 18.8 Å². The predicted octanol–water partition coefficient (Wildman–Crippen LogP) is 0.829. The van der Waals surface area contributed by atoms with Gasteiger partial charge in [-0.3, -0.25) is 19.2 Å². The molecule has 29 heavy (non-hydrogen) atoms. The summed E-state index contributed by atoms with van der Waals surface area (Å²) < 4.78 is 0. The molecule has 0 aromatic heterocycles. The van der Waals surface area contributed by atoms with Crippen molar-refractivity contribution < 1.29 is 24.0 Å². The fourth-order valence-electron chi connectivity index (χ4n) is 2.08. The Labute approximate surface area is 174 Å². The van der Waals surface area contributed by atoms with E-state index in [1.54, 1.807) is 0 Å². The molecule has 3 amide bonds. The minimum atomic E-state index is -0.535. The van der Waals surface area contributed by atoms with Gasteiger partial charge in [-0.15, -0.1) is 0 Å². The van der Waals surface area contributed by atoms with Gasteiger partial charge in [-0.2, -0.15) is 0 Å². The quantitative estimate of drug-likeness (QED) is 0.386. The van der Waals surface area contributed by atoms with E-state index in [-0.39, 0.29) is 30.2 Å². The third kappa shape index (κ3) is 21.9. The minimum Gasteiger partial charge on any atom is -0.368 e. The lowest BCUT2D eigenvalue weighted by Gasteiger charge is -2.15. The largest absolute Gasteiger partial charge is 0.368 e. The van der Waals surface area contributed by atoms with Crippen LogP contribution in [0.15, 0.2) is 0 Å². The zero-order valence-electron chi connectivity index (χ0n) is 18.4. The SMILES string of the molecule is CCCC.CCCC[C@@H](C=O)NC(=O)C1CCC(=O)C1.CN.NC(=O)CNC=O. The molecule has 0 aromatic rings. The number of nitrogens with two attached hydrogens (primary N) is 2. The van der Waals surface area contributed by atoms with Crippen molar-refractivity contribution in [2.45, 2.75) is 78.2 Å². The molecule has 0 aliphatic heterocycles. The highest BCUT2D eigenvalue weighted by atomic mass is 16.2. The van der Waals surface area contributed by atoms with E-state index >= 15 is 0 Å². The minimum absolute atomic E-state index is 0.0799. The van der Waals surface area contributed by atoms with Gasteiger partial charge in [0.1, 0.15) is 12.1 Å². The Balaban J connectivity index is -0.000000432. The lowest BCUT2D eigenvalue weighted by atomic mass is 10.1. The summed E-state index contributed by atoms with van der Waals surface area (Å²) in [5.74, 6) is -0.737. The lowest BCUT2D eigenvalue weighted by molar-refractivity contribution is -0.128. The summed E-state index contributed by atoms with van der Waals surface area (Å²) in [5, 5.41) is 4.80. The molecule has 170 valence electrons. The number of hydrogen-bond acceptors (Lipinski definition) is 6. The van der Waals surface area contributed by atoms with Crippen LogP contribution in [-0.4, -0.2) is 49.9 Å². The average molecular weight is 417 g/mol. The summed E-state index contributed by atoms with van der Waals surface area (Å²) in [6.07, 6.45) is 7.92. The topological polar surface area (TPSA) is 161 Å². The molecule has 9 nitrogen and oxygen atoms in total. The summed E-state index contributed by atoms with van der Waals surface area (Å²) in [6, 6.07) is -0.386. The van der Waals surface area contributed by atoms with Gasteiger partial charge in [-0.1, -0.05) is 46.5 Å². The molecule has 0 spiro atoms. The summed E-state index contributed by atoms with van der Waals surface area (Å²) in [6.45, 7) is 6.32. The van der Waals surface area contributed by atoms with E-state index < -0.39 is 5.91 Å². The molecule has 1 unspecified atom stereocenters. The number of rotatable bonds is 10. The number of Topliss-reactive ketones (excluding diaryl/α,β-unsaturated/α-hetero) is 1. The monoisotopic (exact) mass is 416 g/mol. The second-order valence-corrected chi connectivity index (χ2v) is 6.34. The average Bonchev–Trinajstić information content (AvgIpc) is 3.18. The van der Waals surface area contributed by atoms with Crippen molar-refractivity contribution >= 4 is 30.3 Å². The molecule has 1 rings (SSSR count). The molecule has 0 radical (unpaired) electrons. The molecule has 2 atom stereocenters. The van der Waals surface area contributed by atoms with Gasteiger partial charge < -0.3 is 26.9 Å². The van der Waals surface area contributed by atoms with Gasteiger partial charge in [0.25, 0.3) is 0 Å². The maximum absolute atomic E-state index is 11.7. The molecule has 1 aliphatic rings. The molecular weight excluding hydrogens is 376 g/mol. The van der Waals surface area contributed by atoms with Crippen molar-refractivity contribution in [2.24, 2.45) is 17.4 Å². The Hall–Kier alpha value is -2.29. The van der Waals surface area contributed by atoms with E-state index in [1.165, 1.54) is 19.9 Å². The van der Waals surface area contributed by atoms with Crippen LogP contribution in [-0.2, 0) is 24.0 Å². The number of hydrogen-bond donors (Lipinski definition) is 4. The Bertz CT molecular complexity index is 456. The molecule has 1 fully saturated rings. The number of aldehydes is 1.